The Hall–Kier alpha value is -1.03. The Balaban J connectivity index is 1.81. The van der Waals surface area contributed by atoms with Crippen molar-refractivity contribution in [2.75, 3.05) is 31.1 Å². The molecule has 3 rings (SSSR count). The molecule has 3 heterocycles. The number of anilines is 1. The van der Waals surface area contributed by atoms with E-state index < -0.39 is 0 Å². The minimum absolute atomic E-state index is 0.496. The molecule has 1 N–H and O–H groups in total. The molecule has 0 amide bonds. The highest BCUT2D eigenvalue weighted by Crippen LogP contribution is 2.30. The van der Waals surface area contributed by atoms with Gasteiger partial charge in [0.2, 0.25) is 5.95 Å². The molecular weight excluding hydrogens is 200 g/mol. The zero-order chi connectivity index (χ0) is 11.1. The van der Waals surface area contributed by atoms with Crippen molar-refractivity contribution in [3.05, 3.63) is 12.4 Å². The summed E-state index contributed by atoms with van der Waals surface area (Å²) >= 11 is 0. The van der Waals surface area contributed by atoms with Gasteiger partial charge in [-0.2, -0.15) is 0 Å². The average Bonchev–Trinajstić information content (AvgIpc) is 2.91. The Labute approximate surface area is 96.7 Å². The maximum absolute atomic E-state index is 4.52. The van der Waals surface area contributed by atoms with Crippen LogP contribution in [0.1, 0.15) is 19.9 Å². The third-order valence-corrected chi connectivity index (χ3v) is 3.88. The number of nitrogens with zero attached hydrogens (tertiary/aromatic N) is 3. The molecule has 2 aliphatic rings. The summed E-state index contributed by atoms with van der Waals surface area (Å²) in [4.78, 5) is 6.97. The van der Waals surface area contributed by atoms with Crippen molar-refractivity contribution in [2.24, 2.45) is 11.8 Å². The van der Waals surface area contributed by atoms with Crippen LogP contribution in [-0.2, 0) is 0 Å². The van der Waals surface area contributed by atoms with Crippen molar-refractivity contribution in [1.29, 1.82) is 0 Å². The lowest BCUT2D eigenvalue weighted by Gasteiger charge is -2.21. The first kappa shape index (κ1) is 10.1. The van der Waals surface area contributed by atoms with Gasteiger partial charge in [0.05, 0.1) is 0 Å². The van der Waals surface area contributed by atoms with Gasteiger partial charge in [0.25, 0.3) is 0 Å². The van der Waals surface area contributed by atoms with Crippen LogP contribution in [0.3, 0.4) is 0 Å². The monoisotopic (exact) mass is 220 g/mol. The van der Waals surface area contributed by atoms with Crippen molar-refractivity contribution < 1.29 is 0 Å². The van der Waals surface area contributed by atoms with Gasteiger partial charge in [-0.15, -0.1) is 0 Å². The molecule has 0 radical (unpaired) electrons. The standard InChI is InChI=1S/C12H20N4/c1-9(2)16-4-3-14-12(16)15-7-10-5-13-6-11(10)8-15/h3-4,9-11,13H,5-8H2,1-2H3/t10-,11+. The van der Waals surface area contributed by atoms with E-state index in [1.54, 1.807) is 0 Å². The predicted octanol–water partition coefficient (Wildman–Crippen LogP) is 1.12. The van der Waals surface area contributed by atoms with Crippen molar-refractivity contribution in [3.63, 3.8) is 0 Å². The van der Waals surface area contributed by atoms with Gasteiger partial charge in [0.15, 0.2) is 0 Å². The van der Waals surface area contributed by atoms with E-state index in [2.05, 4.69) is 39.8 Å². The fourth-order valence-corrected chi connectivity index (χ4v) is 2.97. The van der Waals surface area contributed by atoms with Gasteiger partial charge >= 0.3 is 0 Å². The number of aromatic nitrogens is 2. The van der Waals surface area contributed by atoms with Crippen molar-refractivity contribution in [1.82, 2.24) is 14.9 Å². The molecule has 16 heavy (non-hydrogen) atoms. The summed E-state index contributed by atoms with van der Waals surface area (Å²) in [6, 6.07) is 0.496. The summed E-state index contributed by atoms with van der Waals surface area (Å²) in [6.45, 7) is 9.13. The summed E-state index contributed by atoms with van der Waals surface area (Å²) in [5, 5.41) is 3.47. The summed E-state index contributed by atoms with van der Waals surface area (Å²) in [7, 11) is 0. The molecule has 0 spiro atoms. The lowest BCUT2D eigenvalue weighted by molar-refractivity contribution is 0.533. The lowest BCUT2D eigenvalue weighted by atomic mass is 10.0. The van der Waals surface area contributed by atoms with E-state index in [9.17, 15) is 0 Å². The fourth-order valence-electron chi connectivity index (χ4n) is 2.97. The maximum atomic E-state index is 4.52. The molecule has 2 aliphatic heterocycles. The quantitative estimate of drug-likeness (QED) is 0.811. The Morgan fingerprint density at radius 1 is 1.31 bits per heavy atom. The third-order valence-electron chi connectivity index (χ3n) is 3.88. The smallest absolute Gasteiger partial charge is 0.205 e. The zero-order valence-electron chi connectivity index (χ0n) is 10.1. The maximum Gasteiger partial charge on any atom is 0.205 e. The normalized spacial score (nSPS) is 29.1. The Kier molecular flexibility index (Phi) is 2.39. The molecule has 4 nitrogen and oxygen atoms in total. The highest BCUT2D eigenvalue weighted by Gasteiger charge is 2.37. The van der Waals surface area contributed by atoms with Gasteiger partial charge < -0.3 is 14.8 Å². The number of hydrogen-bond donors (Lipinski definition) is 1. The molecule has 0 unspecified atom stereocenters. The third kappa shape index (κ3) is 1.52. The van der Waals surface area contributed by atoms with E-state index in [1.807, 2.05) is 6.20 Å². The molecule has 2 saturated heterocycles. The average molecular weight is 220 g/mol. The van der Waals surface area contributed by atoms with E-state index in [4.69, 9.17) is 0 Å². The largest absolute Gasteiger partial charge is 0.342 e. The summed E-state index contributed by atoms with van der Waals surface area (Å²) in [5.41, 5.74) is 0. The van der Waals surface area contributed by atoms with Crippen LogP contribution < -0.4 is 10.2 Å². The highest BCUT2D eigenvalue weighted by molar-refractivity contribution is 5.34. The van der Waals surface area contributed by atoms with Gasteiger partial charge in [-0.3, -0.25) is 0 Å². The number of imidazole rings is 1. The van der Waals surface area contributed by atoms with Gasteiger partial charge in [0, 0.05) is 44.6 Å². The minimum atomic E-state index is 0.496. The number of fused-ring (bicyclic) bond motifs is 1. The van der Waals surface area contributed by atoms with E-state index in [0.29, 0.717) is 6.04 Å². The molecule has 88 valence electrons. The summed E-state index contributed by atoms with van der Waals surface area (Å²) < 4.78 is 2.27. The molecule has 2 fully saturated rings. The molecule has 1 aromatic rings. The second-order valence-corrected chi connectivity index (χ2v) is 5.31. The minimum Gasteiger partial charge on any atom is -0.342 e. The molecule has 1 aromatic heterocycles. The van der Waals surface area contributed by atoms with E-state index >= 15 is 0 Å². The Morgan fingerprint density at radius 2 is 2.00 bits per heavy atom. The van der Waals surface area contributed by atoms with Crippen LogP contribution in [0.15, 0.2) is 12.4 Å². The SMILES string of the molecule is CC(C)n1ccnc1N1C[C@H]2CNC[C@H]2C1. The second-order valence-electron chi connectivity index (χ2n) is 5.31. The van der Waals surface area contributed by atoms with E-state index in [1.165, 1.54) is 26.2 Å². The van der Waals surface area contributed by atoms with Crippen LogP contribution in [0.5, 0.6) is 0 Å². The topological polar surface area (TPSA) is 33.1 Å². The van der Waals surface area contributed by atoms with Crippen LogP contribution in [0.2, 0.25) is 0 Å². The second kappa shape index (κ2) is 3.77. The molecule has 0 aromatic carbocycles. The van der Waals surface area contributed by atoms with Gasteiger partial charge in [-0.1, -0.05) is 0 Å². The van der Waals surface area contributed by atoms with E-state index in [-0.39, 0.29) is 0 Å². The first-order chi connectivity index (χ1) is 7.75. The molecular formula is C12H20N4. The Bertz CT molecular complexity index is 359. The van der Waals surface area contributed by atoms with Crippen molar-refractivity contribution >= 4 is 5.95 Å². The van der Waals surface area contributed by atoms with Gasteiger partial charge in [-0.25, -0.2) is 4.98 Å². The predicted molar refractivity (Wildman–Crippen MR) is 64.7 cm³/mol. The highest BCUT2D eigenvalue weighted by atomic mass is 15.3. The lowest BCUT2D eigenvalue weighted by Crippen LogP contribution is -2.28. The van der Waals surface area contributed by atoms with Gasteiger partial charge in [0.1, 0.15) is 0 Å². The molecule has 4 heteroatoms. The fraction of sp³-hybridized carbons (Fsp3) is 0.750. The molecule has 0 aliphatic carbocycles. The van der Waals surface area contributed by atoms with E-state index in [0.717, 1.165) is 17.8 Å². The number of nitrogens with one attached hydrogen (secondary N) is 1. The van der Waals surface area contributed by atoms with Crippen LogP contribution in [-0.4, -0.2) is 35.7 Å². The Morgan fingerprint density at radius 3 is 2.62 bits per heavy atom. The summed E-state index contributed by atoms with van der Waals surface area (Å²) in [6.07, 6.45) is 4.01. The first-order valence-electron chi connectivity index (χ1n) is 6.24. The summed E-state index contributed by atoms with van der Waals surface area (Å²) in [5.74, 6) is 2.82. The molecule has 0 saturated carbocycles. The molecule has 2 atom stereocenters. The molecule has 0 bridgehead atoms. The van der Waals surface area contributed by atoms with Crippen molar-refractivity contribution in [3.8, 4) is 0 Å². The van der Waals surface area contributed by atoms with Crippen molar-refractivity contribution in [2.45, 2.75) is 19.9 Å². The van der Waals surface area contributed by atoms with Crippen LogP contribution in [0, 0.1) is 11.8 Å². The number of rotatable bonds is 2. The van der Waals surface area contributed by atoms with Gasteiger partial charge in [-0.05, 0) is 25.7 Å². The van der Waals surface area contributed by atoms with Crippen LogP contribution in [0.25, 0.3) is 0 Å². The van der Waals surface area contributed by atoms with Crippen LogP contribution >= 0.6 is 0 Å². The van der Waals surface area contributed by atoms with Crippen LogP contribution in [0.4, 0.5) is 5.95 Å². The zero-order valence-corrected chi connectivity index (χ0v) is 10.1. The first-order valence-corrected chi connectivity index (χ1v) is 6.24. The number of hydrogen-bond acceptors (Lipinski definition) is 3.